The third-order valence-corrected chi connectivity index (χ3v) is 3.56. The molecule has 1 aliphatic rings. The van der Waals surface area contributed by atoms with Gasteiger partial charge >= 0.3 is 0 Å². The van der Waals surface area contributed by atoms with Crippen molar-refractivity contribution in [3.05, 3.63) is 29.8 Å². The lowest BCUT2D eigenvalue weighted by Crippen LogP contribution is -2.43. The molecule has 0 spiro atoms. The summed E-state index contributed by atoms with van der Waals surface area (Å²) in [6.45, 7) is 3.87. The van der Waals surface area contributed by atoms with E-state index in [9.17, 15) is 9.59 Å². The quantitative estimate of drug-likeness (QED) is 0.824. The molecule has 0 saturated heterocycles. The van der Waals surface area contributed by atoms with Gasteiger partial charge in [0.1, 0.15) is 0 Å². The number of carbonyl (C=O) groups is 2. The fourth-order valence-electron chi connectivity index (χ4n) is 2.51. The van der Waals surface area contributed by atoms with Crippen LogP contribution >= 0.6 is 0 Å². The monoisotopic (exact) mass is 289 g/mol. The molecule has 5 heteroatoms. The van der Waals surface area contributed by atoms with Gasteiger partial charge in [-0.05, 0) is 30.9 Å². The van der Waals surface area contributed by atoms with Gasteiger partial charge in [-0.3, -0.25) is 9.59 Å². The number of nitrogens with one attached hydrogen (secondary N) is 2. The van der Waals surface area contributed by atoms with E-state index in [1.165, 1.54) is 5.56 Å². The van der Waals surface area contributed by atoms with Gasteiger partial charge in [-0.2, -0.15) is 0 Å². The Kier molecular flexibility index (Phi) is 5.60. The minimum Gasteiger partial charge on any atom is -0.362 e. The molecule has 0 unspecified atom stereocenters. The zero-order valence-electron chi connectivity index (χ0n) is 12.5. The molecule has 0 atom stereocenters. The largest absolute Gasteiger partial charge is 0.362 e. The van der Waals surface area contributed by atoms with Gasteiger partial charge in [-0.25, -0.2) is 0 Å². The number of amides is 2. The molecule has 1 aliphatic heterocycles. The molecule has 21 heavy (non-hydrogen) atoms. The summed E-state index contributed by atoms with van der Waals surface area (Å²) in [6, 6.07) is 8.18. The summed E-state index contributed by atoms with van der Waals surface area (Å²) in [5.74, 6) is -0.248. The van der Waals surface area contributed by atoms with E-state index in [-0.39, 0.29) is 18.4 Å². The Morgan fingerprint density at radius 2 is 2.00 bits per heavy atom. The molecule has 1 heterocycles. The molecule has 114 valence electrons. The Labute approximate surface area is 125 Å². The molecule has 0 radical (unpaired) electrons. The average Bonchev–Trinajstić information content (AvgIpc) is 2.51. The predicted octanol–water partition coefficient (Wildman–Crippen LogP) is 1.08. The number of rotatable bonds is 6. The summed E-state index contributed by atoms with van der Waals surface area (Å²) >= 11 is 0. The number of nitrogens with zero attached hydrogens (tertiary/aromatic N) is 1. The van der Waals surface area contributed by atoms with E-state index in [2.05, 4.69) is 27.7 Å². The second-order valence-corrected chi connectivity index (χ2v) is 5.28. The maximum absolute atomic E-state index is 12.0. The van der Waals surface area contributed by atoms with Crippen LogP contribution in [0.1, 0.15) is 25.3 Å². The van der Waals surface area contributed by atoms with Gasteiger partial charge in [-0.1, -0.05) is 25.1 Å². The zero-order valence-corrected chi connectivity index (χ0v) is 12.5. The molecular formula is C16H23N3O2. The van der Waals surface area contributed by atoms with E-state index < -0.39 is 0 Å². The average molecular weight is 289 g/mol. The molecule has 0 saturated carbocycles. The maximum atomic E-state index is 12.0. The Balaban J connectivity index is 1.82. The summed E-state index contributed by atoms with van der Waals surface area (Å²) in [5.41, 5.74) is 2.42. The molecule has 5 nitrogen and oxygen atoms in total. The summed E-state index contributed by atoms with van der Waals surface area (Å²) in [5, 5.41) is 5.42. The normalized spacial score (nSPS) is 13.5. The van der Waals surface area contributed by atoms with Crippen LogP contribution in [-0.4, -0.2) is 38.0 Å². The molecule has 1 aromatic carbocycles. The van der Waals surface area contributed by atoms with Crippen LogP contribution in [-0.2, 0) is 16.0 Å². The number of benzene rings is 1. The lowest BCUT2D eigenvalue weighted by atomic mass is 10.0. The highest BCUT2D eigenvalue weighted by atomic mass is 16.2. The SMILES string of the molecule is CCCNC(=O)CNC(=O)CN1CCCc2ccccc21. The van der Waals surface area contributed by atoms with E-state index in [0.717, 1.165) is 31.5 Å². The first-order chi connectivity index (χ1) is 10.2. The van der Waals surface area contributed by atoms with E-state index in [1.54, 1.807) is 0 Å². The molecular weight excluding hydrogens is 266 g/mol. The molecule has 2 rings (SSSR count). The van der Waals surface area contributed by atoms with Crippen LogP contribution in [0.15, 0.2) is 24.3 Å². The maximum Gasteiger partial charge on any atom is 0.239 e. The fraction of sp³-hybridized carbons (Fsp3) is 0.500. The predicted molar refractivity (Wildman–Crippen MR) is 83.3 cm³/mol. The third-order valence-electron chi connectivity index (χ3n) is 3.56. The number of carbonyl (C=O) groups excluding carboxylic acids is 2. The molecule has 0 bridgehead atoms. The van der Waals surface area contributed by atoms with Crippen molar-refractivity contribution in [1.29, 1.82) is 0 Å². The molecule has 0 aromatic heterocycles. The van der Waals surface area contributed by atoms with Crippen molar-refractivity contribution >= 4 is 17.5 Å². The number of hydrogen-bond donors (Lipinski definition) is 2. The number of para-hydroxylation sites is 1. The highest BCUT2D eigenvalue weighted by Gasteiger charge is 2.18. The van der Waals surface area contributed by atoms with Crippen LogP contribution in [0.3, 0.4) is 0 Å². The Bertz CT molecular complexity index is 502. The van der Waals surface area contributed by atoms with Crippen molar-refractivity contribution in [3.63, 3.8) is 0 Å². The summed E-state index contributed by atoms with van der Waals surface area (Å²) in [6.07, 6.45) is 3.01. The van der Waals surface area contributed by atoms with Crippen LogP contribution < -0.4 is 15.5 Å². The van der Waals surface area contributed by atoms with E-state index in [1.807, 2.05) is 19.1 Å². The van der Waals surface area contributed by atoms with Gasteiger partial charge in [0, 0.05) is 18.8 Å². The number of aryl methyl sites for hydroxylation is 1. The van der Waals surface area contributed by atoms with Crippen molar-refractivity contribution in [1.82, 2.24) is 10.6 Å². The van der Waals surface area contributed by atoms with Crippen LogP contribution in [0.25, 0.3) is 0 Å². The number of fused-ring (bicyclic) bond motifs is 1. The molecule has 0 aliphatic carbocycles. The minimum absolute atomic E-state index is 0.0499. The van der Waals surface area contributed by atoms with Gasteiger partial charge < -0.3 is 15.5 Å². The van der Waals surface area contributed by atoms with E-state index in [4.69, 9.17) is 0 Å². The lowest BCUT2D eigenvalue weighted by Gasteiger charge is -2.30. The highest BCUT2D eigenvalue weighted by molar-refractivity contribution is 5.87. The molecule has 0 fully saturated rings. The van der Waals surface area contributed by atoms with Crippen molar-refractivity contribution in [2.75, 3.05) is 31.1 Å². The fourth-order valence-corrected chi connectivity index (χ4v) is 2.51. The zero-order chi connectivity index (χ0) is 15.1. The van der Waals surface area contributed by atoms with Crippen LogP contribution in [0.4, 0.5) is 5.69 Å². The summed E-state index contributed by atoms with van der Waals surface area (Å²) in [7, 11) is 0. The minimum atomic E-state index is -0.135. The van der Waals surface area contributed by atoms with Crippen molar-refractivity contribution in [2.24, 2.45) is 0 Å². The molecule has 2 N–H and O–H groups in total. The second-order valence-electron chi connectivity index (χ2n) is 5.28. The molecule has 1 aromatic rings. The van der Waals surface area contributed by atoms with Gasteiger partial charge in [0.2, 0.25) is 11.8 Å². The second kappa shape index (κ2) is 7.67. The Morgan fingerprint density at radius 3 is 2.81 bits per heavy atom. The van der Waals surface area contributed by atoms with Crippen LogP contribution in [0, 0.1) is 0 Å². The number of anilines is 1. The van der Waals surface area contributed by atoms with Gasteiger partial charge in [0.05, 0.1) is 13.1 Å². The van der Waals surface area contributed by atoms with Crippen molar-refractivity contribution in [2.45, 2.75) is 26.2 Å². The Morgan fingerprint density at radius 1 is 1.19 bits per heavy atom. The standard InChI is InChI=1S/C16H23N3O2/c1-2-9-17-15(20)11-18-16(21)12-19-10-5-7-13-6-3-4-8-14(13)19/h3-4,6,8H,2,5,7,9-12H2,1H3,(H,17,20)(H,18,21). The van der Waals surface area contributed by atoms with Crippen molar-refractivity contribution in [3.8, 4) is 0 Å². The smallest absolute Gasteiger partial charge is 0.239 e. The number of hydrogen-bond acceptors (Lipinski definition) is 3. The first kappa shape index (κ1) is 15.4. The summed E-state index contributed by atoms with van der Waals surface area (Å²) < 4.78 is 0. The lowest BCUT2D eigenvalue weighted by molar-refractivity contribution is -0.125. The van der Waals surface area contributed by atoms with E-state index in [0.29, 0.717) is 13.1 Å². The topological polar surface area (TPSA) is 61.4 Å². The first-order valence-corrected chi connectivity index (χ1v) is 7.57. The first-order valence-electron chi connectivity index (χ1n) is 7.57. The third kappa shape index (κ3) is 4.48. The summed E-state index contributed by atoms with van der Waals surface area (Å²) in [4.78, 5) is 25.5. The van der Waals surface area contributed by atoms with Crippen LogP contribution in [0.2, 0.25) is 0 Å². The van der Waals surface area contributed by atoms with Gasteiger partial charge in [0.15, 0.2) is 0 Å². The van der Waals surface area contributed by atoms with Crippen LogP contribution in [0.5, 0.6) is 0 Å². The van der Waals surface area contributed by atoms with Gasteiger partial charge in [0.25, 0.3) is 0 Å². The Hall–Kier alpha value is -2.04. The molecule has 2 amide bonds. The van der Waals surface area contributed by atoms with Gasteiger partial charge in [-0.15, -0.1) is 0 Å². The highest BCUT2D eigenvalue weighted by Crippen LogP contribution is 2.26. The van der Waals surface area contributed by atoms with E-state index >= 15 is 0 Å². The van der Waals surface area contributed by atoms with Crippen molar-refractivity contribution < 1.29 is 9.59 Å².